The number of nitrogens with one attached hydrogen (secondary N) is 1. The number of nitrogens with zero attached hydrogens (tertiary/aromatic N) is 2. The van der Waals surface area contributed by atoms with Crippen LogP contribution in [0.15, 0.2) is 59.3 Å². The lowest BCUT2D eigenvalue weighted by Crippen LogP contribution is -2.27. The van der Waals surface area contributed by atoms with Gasteiger partial charge in [0.05, 0.1) is 24.4 Å². The zero-order valence-corrected chi connectivity index (χ0v) is 19.8. The third-order valence-electron chi connectivity index (χ3n) is 4.86. The van der Waals surface area contributed by atoms with Crippen LogP contribution < -0.4 is 10.1 Å². The Kier molecular flexibility index (Phi) is 7.29. The van der Waals surface area contributed by atoms with E-state index < -0.39 is 0 Å². The first-order chi connectivity index (χ1) is 15.6. The first-order valence-electron chi connectivity index (χ1n) is 10.6. The number of carbonyl (C=O) groups is 1. The van der Waals surface area contributed by atoms with Crippen molar-refractivity contribution in [3.05, 3.63) is 76.2 Å². The van der Waals surface area contributed by atoms with E-state index in [9.17, 15) is 4.79 Å². The summed E-state index contributed by atoms with van der Waals surface area (Å²) >= 11 is 3.18. The number of aromatic nitrogens is 2. The van der Waals surface area contributed by atoms with Gasteiger partial charge < -0.3 is 10.1 Å². The zero-order valence-electron chi connectivity index (χ0n) is 18.1. The summed E-state index contributed by atoms with van der Waals surface area (Å²) in [6.45, 7) is 5.25. The quantitative estimate of drug-likeness (QED) is 0.354. The fraction of sp³-hybridized carbons (Fsp3) is 0.240. The number of benzene rings is 2. The van der Waals surface area contributed by atoms with Crippen molar-refractivity contribution < 1.29 is 9.53 Å². The van der Waals surface area contributed by atoms with Crippen LogP contribution in [0.5, 0.6) is 5.75 Å². The maximum Gasteiger partial charge on any atom is 0.226 e. The average molecular weight is 464 g/mol. The number of amides is 1. The van der Waals surface area contributed by atoms with Gasteiger partial charge in [0.1, 0.15) is 15.8 Å². The van der Waals surface area contributed by atoms with Crippen LogP contribution in [0, 0.1) is 6.92 Å². The van der Waals surface area contributed by atoms with E-state index in [0.717, 1.165) is 38.3 Å². The Morgan fingerprint density at radius 2 is 1.50 bits per heavy atom. The molecule has 0 atom stereocenters. The van der Waals surface area contributed by atoms with Crippen LogP contribution in [0.25, 0.3) is 21.1 Å². The average Bonchev–Trinajstić information content (AvgIpc) is 3.45. The molecule has 0 fully saturated rings. The summed E-state index contributed by atoms with van der Waals surface area (Å²) in [7, 11) is 0. The van der Waals surface area contributed by atoms with Gasteiger partial charge in [0, 0.05) is 34.9 Å². The normalized spacial score (nSPS) is 10.8. The van der Waals surface area contributed by atoms with E-state index in [-0.39, 0.29) is 12.3 Å². The summed E-state index contributed by atoms with van der Waals surface area (Å²) in [5, 5.41) is 8.90. The Morgan fingerprint density at radius 3 is 2.16 bits per heavy atom. The van der Waals surface area contributed by atoms with Crippen molar-refractivity contribution in [1.82, 2.24) is 15.3 Å². The molecule has 0 radical (unpaired) electrons. The Bertz CT molecular complexity index is 1160. The molecule has 32 heavy (non-hydrogen) atoms. The monoisotopic (exact) mass is 463 g/mol. The van der Waals surface area contributed by atoms with Crippen LogP contribution in [0.2, 0.25) is 0 Å². The van der Waals surface area contributed by atoms with Crippen LogP contribution in [0.4, 0.5) is 0 Å². The number of thiazole rings is 2. The number of aryl methyl sites for hydroxylation is 1. The van der Waals surface area contributed by atoms with E-state index in [4.69, 9.17) is 9.72 Å². The van der Waals surface area contributed by atoms with Gasteiger partial charge in [0.15, 0.2) is 0 Å². The van der Waals surface area contributed by atoms with Crippen LogP contribution in [0.1, 0.15) is 23.9 Å². The van der Waals surface area contributed by atoms with Gasteiger partial charge in [-0.05, 0) is 38.1 Å². The van der Waals surface area contributed by atoms with Crippen molar-refractivity contribution in [2.75, 3.05) is 13.2 Å². The van der Waals surface area contributed by atoms with Gasteiger partial charge in [-0.3, -0.25) is 4.79 Å². The Balaban J connectivity index is 1.25. The van der Waals surface area contributed by atoms with Gasteiger partial charge in [0.2, 0.25) is 5.91 Å². The Labute approximate surface area is 196 Å². The number of ether oxygens (including phenoxy) is 1. The predicted molar refractivity (Wildman–Crippen MR) is 131 cm³/mol. The highest BCUT2D eigenvalue weighted by Crippen LogP contribution is 2.26. The summed E-state index contributed by atoms with van der Waals surface area (Å²) in [5.74, 6) is 0.820. The van der Waals surface area contributed by atoms with Gasteiger partial charge in [-0.2, -0.15) is 0 Å². The molecule has 0 bridgehead atoms. The SMILES string of the molecule is CCOc1ccc(-c2nc(CC(=O)NCCc3csc(-c4ccc(C)cc4)n3)cs2)cc1. The molecule has 1 amide bonds. The molecular weight excluding hydrogens is 438 g/mol. The molecule has 0 spiro atoms. The summed E-state index contributed by atoms with van der Waals surface area (Å²) in [6.07, 6.45) is 0.988. The zero-order chi connectivity index (χ0) is 22.3. The van der Waals surface area contributed by atoms with Crippen molar-refractivity contribution >= 4 is 28.6 Å². The van der Waals surface area contributed by atoms with Crippen LogP contribution in [0.3, 0.4) is 0 Å². The van der Waals surface area contributed by atoms with Crippen molar-refractivity contribution in [2.24, 2.45) is 0 Å². The van der Waals surface area contributed by atoms with E-state index in [0.29, 0.717) is 19.6 Å². The van der Waals surface area contributed by atoms with Crippen molar-refractivity contribution in [3.8, 4) is 26.9 Å². The minimum Gasteiger partial charge on any atom is -0.494 e. The van der Waals surface area contributed by atoms with Crippen LogP contribution in [-0.4, -0.2) is 29.0 Å². The van der Waals surface area contributed by atoms with Crippen LogP contribution >= 0.6 is 22.7 Å². The predicted octanol–water partition coefficient (Wildman–Crippen LogP) is 5.54. The maximum absolute atomic E-state index is 12.3. The third-order valence-corrected chi connectivity index (χ3v) is 6.74. The van der Waals surface area contributed by atoms with Crippen LogP contribution in [-0.2, 0) is 17.6 Å². The fourth-order valence-electron chi connectivity index (χ4n) is 3.19. The molecule has 1 N–H and O–H groups in total. The molecule has 2 heterocycles. The van der Waals surface area contributed by atoms with Crippen molar-refractivity contribution in [2.45, 2.75) is 26.7 Å². The van der Waals surface area contributed by atoms with Gasteiger partial charge in [0.25, 0.3) is 0 Å². The molecule has 0 unspecified atom stereocenters. The molecule has 164 valence electrons. The molecule has 0 saturated heterocycles. The molecule has 4 rings (SSSR count). The molecule has 0 saturated carbocycles. The smallest absolute Gasteiger partial charge is 0.226 e. The minimum atomic E-state index is -0.0254. The summed E-state index contributed by atoms with van der Waals surface area (Å²) in [6, 6.07) is 16.2. The first-order valence-corrected chi connectivity index (χ1v) is 12.3. The Hall–Kier alpha value is -3.03. The first kappa shape index (κ1) is 22.2. The number of hydrogen-bond acceptors (Lipinski definition) is 6. The molecule has 2 aromatic carbocycles. The van der Waals surface area contributed by atoms with E-state index in [1.807, 2.05) is 36.6 Å². The van der Waals surface area contributed by atoms with Crippen molar-refractivity contribution in [3.63, 3.8) is 0 Å². The molecule has 0 aliphatic carbocycles. The van der Waals surface area contributed by atoms with E-state index in [1.165, 1.54) is 5.56 Å². The van der Waals surface area contributed by atoms with E-state index in [1.54, 1.807) is 22.7 Å². The van der Waals surface area contributed by atoms with E-state index >= 15 is 0 Å². The molecule has 7 heteroatoms. The standard InChI is InChI=1S/C25H25N3O2S2/c1-3-30-22-10-8-19(9-11-22)25-28-21(16-32-25)14-23(29)26-13-12-20-15-31-24(27-20)18-6-4-17(2)5-7-18/h4-11,15-16H,3,12-14H2,1-2H3,(H,26,29). The van der Waals surface area contributed by atoms with Gasteiger partial charge in [-0.15, -0.1) is 22.7 Å². The molecule has 2 aromatic heterocycles. The number of carbonyl (C=O) groups excluding carboxylic acids is 1. The molecule has 0 aliphatic rings. The lowest BCUT2D eigenvalue weighted by atomic mass is 10.2. The summed E-state index contributed by atoms with van der Waals surface area (Å²) in [5.41, 5.74) is 5.17. The highest BCUT2D eigenvalue weighted by Gasteiger charge is 2.10. The lowest BCUT2D eigenvalue weighted by molar-refractivity contribution is -0.120. The maximum atomic E-state index is 12.3. The largest absolute Gasteiger partial charge is 0.494 e. The highest BCUT2D eigenvalue weighted by atomic mass is 32.1. The molecule has 4 aromatic rings. The van der Waals surface area contributed by atoms with Crippen molar-refractivity contribution in [1.29, 1.82) is 0 Å². The Morgan fingerprint density at radius 1 is 0.906 bits per heavy atom. The highest BCUT2D eigenvalue weighted by molar-refractivity contribution is 7.13. The van der Waals surface area contributed by atoms with Gasteiger partial charge >= 0.3 is 0 Å². The molecule has 5 nitrogen and oxygen atoms in total. The second-order valence-electron chi connectivity index (χ2n) is 7.39. The number of rotatable bonds is 9. The molecule has 0 aliphatic heterocycles. The lowest BCUT2D eigenvalue weighted by Gasteiger charge is -2.03. The second-order valence-corrected chi connectivity index (χ2v) is 9.10. The molecular formula is C25H25N3O2S2. The topological polar surface area (TPSA) is 64.1 Å². The summed E-state index contributed by atoms with van der Waals surface area (Å²) < 4.78 is 5.48. The summed E-state index contributed by atoms with van der Waals surface area (Å²) in [4.78, 5) is 21.6. The minimum absolute atomic E-state index is 0.0254. The second kappa shape index (κ2) is 10.5. The third kappa shape index (κ3) is 5.81. The number of hydrogen-bond donors (Lipinski definition) is 1. The van der Waals surface area contributed by atoms with Gasteiger partial charge in [-0.25, -0.2) is 9.97 Å². The van der Waals surface area contributed by atoms with Gasteiger partial charge in [-0.1, -0.05) is 29.8 Å². The fourth-order valence-corrected chi connectivity index (χ4v) is 4.87. The van der Waals surface area contributed by atoms with E-state index in [2.05, 4.69) is 46.9 Å².